The Morgan fingerprint density at radius 3 is 2.30 bits per heavy atom. The first-order valence-electron chi connectivity index (χ1n) is 24.3. The summed E-state index contributed by atoms with van der Waals surface area (Å²) in [5, 5.41) is 46.6. The van der Waals surface area contributed by atoms with Crippen LogP contribution in [-0.4, -0.2) is 168 Å². The third-order valence-corrected chi connectivity index (χ3v) is 15.3. The second-order valence-corrected chi connectivity index (χ2v) is 20.9. The van der Waals surface area contributed by atoms with Crippen molar-refractivity contribution in [1.29, 1.82) is 0 Å². The highest BCUT2D eigenvalue weighted by Crippen LogP contribution is 2.43. The average Bonchev–Trinajstić information content (AvgIpc) is 3.66. The van der Waals surface area contributed by atoms with Gasteiger partial charge in [0.2, 0.25) is 0 Å². The van der Waals surface area contributed by atoms with Crippen LogP contribution in [0.5, 0.6) is 11.5 Å². The maximum Gasteiger partial charge on any atom is 0.342 e. The van der Waals surface area contributed by atoms with Crippen LogP contribution in [0.4, 0.5) is 0 Å². The molecule has 16 heteroatoms. The van der Waals surface area contributed by atoms with E-state index in [1.54, 1.807) is 13.8 Å². The molecule has 3 aliphatic heterocycles. The molecule has 4 N–H and O–H groups in total. The van der Waals surface area contributed by atoms with Crippen LogP contribution in [0.2, 0.25) is 0 Å². The summed E-state index contributed by atoms with van der Waals surface area (Å²) in [7, 11) is 9.34. The summed E-state index contributed by atoms with van der Waals surface area (Å²) in [6.45, 7) is 21.7. The Hall–Kier alpha value is -3.35. The number of carbonyl (C=O) groups is 3. The number of aromatic hydroxyl groups is 1. The second kappa shape index (κ2) is 23.5. The molecule has 14 atom stereocenters. The van der Waals surface area contributed by atoms with Crippen molar-refractivity contribution in [2.75, 3.05) is 55.0 Å². The normalized spacial score (nSPS) is 35.1. The quantitative estimate of drug-likeness (QED) is 0.105. The van der Waals surface area contributed by atoms with E-state index < -0.39 is 59.7 Å². The Morgan fingerprint density at radius 2 is 1.69 bits per heavy atom. The number of benzene rings is 1. The number of likely N-dealkylation sites (N-methyl/N-ethyl adjacent to an activating group) is 3. The number of rotatable bonds is 14. The predicted molar refractivity (Wildman–Crippen MR) is 255 cm³/mol. The van der Waals surface area contributed by atoms with E-state index in [9.17, 15) is 34.8 Å². The van der Waals surface area contributed by atoms with Gasteiger partial charge in [-0.25, -0.2) is 4.79 Å². The number of fused-ring (bicyclic) bond motifs is 1. The molecule has 0 saturated carbocycles. The Morgan fingerprint density at radius 1 is 1.03 bits per heavy atom. The molecule has 1 aromatic carbocycles. The van der Waals surface area contributed by atoms with Crippen molar-refractivity contribution in [3.05, 3.63) is 33.9 Å². The van der Waals surface area contributed by atoms with Crippen molar-refractivity contribution in [3.8, 4) is 11.5 Å². The number of nitrogens with zero attached hydrogens (tertiary/aromatic N) is 3. The molecule has 382 valence electrons. The number of ether oxygens (including phenoxy) is 6. The van der Waals surface area contributed by atoms with E-state index in [1.807, 2.05) is 87.6 Å². The molecule has 2 fully saturated rings. The van der Waals surface area contributed by atoms with E-state index in [4.69, 9.17) is 28.4 Å². The number of aliphatic hydroxyl groups excluding tert-OH is 1. The van der Waals surface area contributed by atoms with Gasteiger partial charge in [0.15, 0.2) is 6.29 Å². The lowest BCUT2D eigenvalue weighted by Crippen LogP contribution is -2.63. The summed E-state index contributed by atoms with van der Waals surface area (Å²) in [5.74, 6) is -2.42. The van der Waals surface area contributed by atoms with Gasteiger partial charge in [-0.15, -0.1) is 0 Å². The van der Waals surface area contributed by atoms with Crippen LogP contribution < -0.4 is 4.74 Å². The molecule has 4 rings (SSSR count). The number of aliphatic hydroxyl groups is 3. The molecule has 0 aromatic heterocycles. The predicted octanol–water partition coefficient (Wildman–Crippen LogP) is 5.40. The Balaban J connectivity index is 1.47. The van der Waals surface area contributed by atoms with Crippen LogP contribution in [-0.2, 0) is 46.3 Å². The van der Waals surface area contributed by atoms with Crippen molar-refractivity contribution >= 4 is 17.9 Å². The molecule has 16 nitrogen and oxygen atoms in total. The van der Waals surface area contributed by atoms with Gasteiger partial charge in [0.25, 0.3) is 0 Å². The first-order valence-corrected chi connectivity index (χ1v) is 24.3. The number of hydrogen-bond acceptors (Lipinski definition) is 16. The molecular formula is C51H85N3O13. The van der Waals surface area contributed by atoms with Crippen molar-refractivity contribution in [1.82, 2.24) is 14.7 Å². The molecule has 0 radical (unpaired) electrons. The number of esters is 3. The van der Waals surface area contributed by atoms with Crippen LogP contribution >= 0.6 is 0 Å². The maximum absolute atomic E-state index is 13.9. The summed E-state index contributed by atoms with van der Waals surface area (Å²) >= 11 is 0. The summed E-state index contributed by atoms with van der Waals surface area (Å²) in [6, 6.07) is -0.869. The monoisotopic (exact) mass is 948 g/mol. The molecule has 0 spiro atoms. The molecule has 0 bridgehead atoms. The number of hydrogen-bond donors (Lipinski definition) is 4. The first kappa shape index (κ1) is 56.2. The van der Waals surface area contributed by atoms with Crippen molar-refractivity contribution in [3.63, 3.8) is 0 Å². The van der Waals surface area contributed by atoms with Gasteiger partial charge >= 0.3 is 17.9 Å². The van der Waals surface area contributed by atoms with Crippen LogP contribution in [0.25, 0.3) is 0 Å². The number of phenols is 1. The summed E-state index contributed by atoms with van der Waals surface area (Å²) in [5.41, 5.74) is -0.113. The minimum absolute atomic E-state index is 0.0605. The summed E-state index contributed by atoms with van der Waals surface area (Å²) < 4.78 is 36.2. The smallest absolute Gasteiger partial charge is 0.342 e. The van der Waals surface area contributed by atoms with Gasteiger partial charge in [-0.2, -0.15) is 0 Å². The van der Waals surface area contributed by atoms with E-state index in [-0.39, 0.29) is 72.9 Å². The third kappa shape index (κ3) is 13.1. The van der Waals surface area contributed by atoms with E-state index in [0.29, 0.717) is 62.1 Å². The van der Waals surface area contributed by atoms with Gasteiger partial charge < -0.3 is 58.6 Å². The van der Waals surface area contributed by atoms with Gasteiger partial charge in [0.1, 0.15) is 48.1 Å². The van der Waals surface area contributed by atoms with Gasteiger partial charge in [-0.1, -0.05) is 46.3 Å². The van der Waals surface area contributed by atoms with Gasteiger partial charge in [-0.3, -0.25) is 14.5 Å². The van der Waals surface area contributed by atoms with Crippen molar-refractivity contribution in [2.24, 2.45) is 23.7 Å². The van der Waals surface area contributed by atoms with Crippen LogP contribution in [0.15, 0.2) is 11.6 Å². The maximum atomic E-state index is 13.9. The summed E-state index contributed by atoms with van der Waals surface area (Å²) in [6.07, 6.45) is 0.231. The summed E-state index contributed by atoms with van der Waals surface area (Å²) in [4.78, 5) is 45.4. The second-order valence-electron chi connectivity index (χ2n) is 20.9. The fourth-order valence-electron chi connectivity index (χ4n) is 10.7. The molecule has 0 unspecified atom stereocenters. The lowest BCUT2D eigenvalue weighted by Gasteiger charge is -2.50. The van der Waals surface area contributed by atoms with E-state index in [2.05, 4.69) is 16.7 Å². The largest absolute Gasteiger partial charge is 0.507 e. The highest BCUT2D eigenvalue weighted by Gasteiger charge is 2.50. The third-order valence-electron chi connectivity index (χ3n) is 15.3. The molecule has 3 heterocycles. The Labute approximate surface area is 400 Å². The molecule has 67 heavy (non-hydrogen) atoms. The zero-order valence-electron chi connectivity index (χ0n) is 43.4. The lowest BCUT2D eigenvalue weighted by atomic mass is 9.74. The SMILES string of the molecule is CC[C@H]1OC(=O)[C@H](C)[C@@H](C)[C@H](C)[C@@H](O[C@@H]2O[C@H](C)C[C@@H](N(C)CCOC(=O)CCC(C)=CCc3c(O)c4c(c(C)c3OC)COC4=O)[C@@H]2N(C)C)[C@](C)(O)C[C@@H](C)CN(C)[C@H](C)[C@@H](O)[C@]1(C)O. The molecule has 1 aromatic rings. The Bertz CT molecular complexity index is 1890. The number of carbonyl (C=O) groups excluding carboxylic acids is 3. The molecular weight excluding hydrogens is 863 g/mol. The van der Waals surface area contributed by atoms with Gasteiger partial charge in [-0.05, 0) is 125 Å². The molecule has 3 aliphatic rings. The van der Waals surface area contributed by atoms with E-state index in [1.165, 1.54) is 14.0 Å². The lowest BCUT2D eigenvalue weighted by molar-refractivity contribution is -0.285. The van der Waals surface area contributed by atoms with Crippen molar-refractivity contribution in [2.45, 2.75) is 181 Å². The highest BCUT2D eigenvalue weighted by atomic mass is 16.7. The van der Waals surface area contributed by atoms with Crippen LogP contribution in [0.1, 0.15) is 128 Å². The number of allylic oxidation sites excluding steroid dienone is 2. The van der Waals surface area contributed by atoms with Gasteiger partial charge in [0, 0.05) is 42.7 Å². The molecule has 0 aliphatic carbocycles. The molecule has 0 amide bonds. The fourth-order valence-corrected chi connectivity index (χ4v) is 10.7. The minimum atomic E-state index is -1.71. The average molecular weight is 948 g/mol. The highest BCUT2D eigenvalue weighted by molar-refractivity contribution is 5.98. The number of cyclic esters (lactones) is 2. The van der Waals surface area contributed by atoms with Gasteiger partial charge in [0.05, 0.1) is 36.9 Å². The minimum Gasteiger partial charge on any atom is -0.507 e. The zero-order valence-corrected chi connectivity index (χ0v) is 43.4. The van der Waals surface area contributed by atoms with Crippen LogP contribution in [0.3, 0.4) is 0 Å². The van der Waals surface area contributed by atoms with Crippen LogP contribution in [0, 0.1) is 30.6 Å². The fraction of sp³-hybridized carbons (Fsp3) is 0.784. The van der Waals surface area contributed by atoms with E-state index in [0.717, 1.165) is 11.1 Å². The Kier molecular flexibility index (Phi) is 19.7. The van der Waals surface area contributed by atoms with Crippen molar-refractivity contribution < 1.29 is 63.2 Å². The topological polar surface area (TPSA) is 197 Å². The zero-order chi connectivity index (χ0) is 50.5. The number of phenolic OH excluding ortho intramolecular Hbond substituents is 1. The van der Waals surface area contributed by atoms with E-state index >= 15 is 0 Å². The number of methoxy groups -OCH3 is 1. The molecule has 2 saturated heterocycles. The first-order chi connectivity index (χ1) is 31.2. The standard InChI is InChI=1S/C51H85N3O13/c1-17-39-51(11,61)45(57)35(9)54(15)26-29(3)25-50(10,60)46(32(6)31(5)33(7)47(58)66-39)67-49-42(52(12)13)38(24-30(4)65-49)53(14)22-23-63-40(55)21-19-28(2)18-20-36-43(56)41-37(27-64-48(41)59)34(8)44(36)62-16/h18,29-33,35,38-39,42,45-46,49,56-57,60-61H,17,19-27H2,1-16H3/t29-,30-,31+,32+,33-,35-,38-,39-,42+,45-,46-,49+,50-,51-/m1/s1.